The first-order valence-electron chi connectivity index (χ1n) is 6.37. The van der Waals surface area contributed by atoms with E-state index < -0.39 is 0 Å². The average Bonchev–Trinajstić information content (AvgIpc) is 2.38. The maximum atomic E-state index is 12.4. The van der Waals surface area contributed by atoms with Crippen LogP contribution in [0.3, 0.4) is 0 Å². The molecule has 1 aliphatic rings. The molecule has 1 saturated heterocycles. The van der Waals surface area contributed by atoms with E-state index in [4.69, 9.17) is 0 Å². The predicted octanol–water partition coefficient (Wildman–Crippen LogP) is 1.52. The van der Waals surface area contributed by atoms with Gasteiger partial charge in [-0.1, -0.05) is 0 Å². The molecule has 4 heteroatoms. The summed E-state index contributed by atoms with van der Waals surface area (Å²) in [7, 11) is 1.85. The van der Waals surface area contributed by atoms with Gasteiger partial charge in [0, 0.05) is 25.2 Å². The topological polar surface area (TPSA) is 52.6 Å². The second-order valence-electron chi connectivity index (χ2n) is 4.92. The number of aromatic hydroxyl groups is 1. The van der Waals surface area contributed by atoms with Crippen molar-refractivity contribution in [2.45, 2.75) is 25.8 Å². The molecule has 0 spiro atoms. The largest absolute Gasteiger partial charge is 0.508 e. The SMILES string of the molecule is Cc1cc(O)ccc1C(=O)N(C)C1CCCNC1. The Balaban J connectivity index is 2.14. The van der Waals surface area contributed by atoms with Gasteiger partial charge in [0.1, 0.15) is 5.75 Å². The van der Waals surface area contributed by atoms with Crippen molar-refractivity contribution in [2.75, 3.05) is 20.1 Å². The lowest BCUT2D eigenvalue weighted by Gasteiger charge is -2.32. The number of carbonyl (C=O) groups excluding carboxylic acids is 1. The van der Waals surface area contributed by atoms with Crippen molar-refractivity contribution >= 4 is 5.91 Å². The van der Waals surface area contributed by atoms with Gasteiger partial charge in [0.25, 0.3) is 5.91 Å². The zero-order valence-corrected chi connectivity index (χ0v) is 10.9. The molecule has 4 nitrogen and oxygen atoms in total. The van der Waals surface area contributed by atoms with Crippen LogP contribution in [0.4, 0.5) is 0 Å². The molecule has 98 valence electrons. The third kappa shape index (κ3) is 2.64. The van der Waals surface area contributed by atoms with Gasteiger partial charge >= 0.3 is 0 Å². The van der Waals surface area contributed by atoms with E-state index in [2.05, 4.69) is 5.32 Å². The predicted molar refractivity (Wildman–Crippen MR) is 70.8 cm³/mol. The van der Waals surface area contributed by atoms with E-state index in [-0.39, 0.29) is 17.7 Å². The summed E-state index contributed by atoms with van der Waals surface area (Å²) in [4.78, 5) is 14.2. The number of aryl methyl sites for hydroxylation is 1. The summed E-state index contributed by atoms with van der Waals surface area (Å²) in [6.45, 7) is 3.75. The van der Waals surface area contributed by atoms with Crippen molar-refractivity contribution in [2.24, 2.45) is 0 Å². The van der Waals surface area contributed by atoms with Crippen LogP contribution in [-0.2, 0) is 0 Å². The smallest absolute Gasteiger partial charge is 0.254 e. The van der Waals surface area contributed by atoms with Crippen LogP contribution in [0.15, 0.2) is 18.2 Å². The number of benzene rings is 1. The molecule has 1 amide bonds. The number of nitrogens with one attached hydrogen (secondary N) is 1. The van der Waals surface area contributed by atoms with Gasteiger partial charge in [-0.15, -0.1) is 0 Å². The molecule has 1 atom stereocenters. The Kier molecular flexibility index (Phi) is 3.87. The van der Waals surface area contributed by atoms with Crippen molar-refractivity contribution < 1.29 is 9.90 Å². The molecule has 0 radical (unpaired) electrons. The van der Waals surface area contributed by atoms with Crippen molar-refractivity contribution in [3.8, 4) is 5.75 Å². The maximum absolute atomic E-state index is 12.4. The van der Waals surface area contributed by atoms with Gasteiger partial charge in [-0.25, -0.2) is 0 Å². The highest BCUT2D eigenvalue weighted by Gasteiger charge is 2.23. The number of hydrogen-bond acceptors (Lipinski definition) is 3. The Morgan fingerprint density at radius 2 is 2.28 bits per heavy atom. The van der Waals surface area contributed by atoms with Crippen LogP contribution in [-0.4, -0.2) is 42.1 Å². The average molecular weight is 248 g/mol. The van der Waals surface area contributed by atoms with Crippen molar-refractivity contribution in [3.63, 3.8) is 0 Å². The molecule has 0 bridgehead atoms. The van der Waals surface area contributed by atoms with Crippen LogP contribution in [0.25, 0.3) is 0 Å². The number of carbonyl (C=O) groups is 1. The van der Waals surface area contributed by atoms with Crippen LogP contribution in [0.1, 0.15) is 28.8 Å². The van der Waals surface area contributed by atoms with E-state index in [0.717, 1.165) is 31.5 Å². The highest BCUT2D eigenvalue weighted by Crippen LogP contribution is 2.19. The Morgan fingerprint density at radius 3 is 2.89 bits per heavy atom. The first kappa shape index (κ1) is 12.9. The van der Waals surface area contributed by atoms with Crippen LogP contribution in [0.2, 0.25) is 0 Å². The molecule has 0 saturated carbocycles. The molecule has 0 aromatic heterocycles. The standard InChI is InChI=1S/C14H20N2O2/c1-10-8-12(17)5-6-13(10)14(18)16(2)11-4-3-7-15-9-11/h5-6,8,11,15,17H,3-4,7,9H2,1-2H3. The van der Waals surface area contributed by atoms with Crippen molar-refractivity contribution in [1.29, 1.82) is 0 Å². The lowest BCUT2D eigenvalue weighted by Crippen LogP contribution is -2.46. The molecule has 1 aromatic rings. The van der Waals surface area contributed by atoms with E-state index in [1.807, 2.05) is 18.9 Å². The highest BCUT2D eigenvalue weighted by molar-refractivity contribution is 5.95. The summed E-state index contributed by atoms with van der Waals surface area (Å²) in [5.41, 5.74) is 1.48. The highest BCUT2D eigenvalue weighted by atomic mass is 16.3. The van der Waals surface area contributed by atoms with Crippen LogP contribution in [0.5, 0.6) is 5.75 Å². The molecule has 1 aliphatic heterocycles. The molecule has 0 aliphatic carbocycles. The van der Waals surface area contributed by atoms with E-state index >= 15 is 0 Å². The third-order valence-corrected chi connectivity index (χ3v) is 3.58. The molecule has 1 fully saturated rings. The molecule has 2 N–H and O–H groups in total. The fourth-order valence-electron chi connectivity index (χ4n) is 2.41. The van der Waals surface area contributed by atoms with Crippen LogP contribution >= 0.6 is 0 Å². The van der Waals surface area contributed by atoms with Crippen molar-refractivity contribution in [3.05, 3.63) is 29.3 Å². The minimum atomic E-state index is 0.0289. The molecule has 18 heavy (non-hydrogen) atoms. The van der Waals surface area contributed by atoms with Gasteiger partial charge in [-0.3, -0.25) is 4.79 Å². The third-order valence-electron chi connectivity index (χ3n) is 3.58. The van der Waals surface area contributed by atoms with E-state index in [1.54, 1.807) is 18.2 Å². The first-order chi connectivity index (χ1) is 8.59. The Hall–Kier alpha value is -1.55. The lowest BCUT2D eigenvalue weighted by atomic mass is 10.0. The van der Waals surface area contributed by atoms with E-state index in [1.165, 1.54) is 0 Å². The molecular weight excluding hydrogens is 228 g/mol. The molecule has 1 unspecified atom stereocenters. The summed E-state index contributed by atoms with van der Waals surface area (Å²) in [6, 6.07) is 5.15. The number of likely N-dealkylation sites (N-methyl/N-ethyl adjacent to an activating group) is 1. The second-order valence-corrected chi connectivity index (χ2v) is 4.92. The number of phenolic OH excluding ortho intramolecular Hbond substituents is 1. The normalized spacial score (nSPS) is 19.6. The minimum absolute atomic E-state index is 0.0289. The minimum Gasteiger partial charge on any atom is -0.508 e. The molecular formula is C14H20N2O2. The first-order valence-corrected chi connectivity index (χ1v) is 6.37. The molecule has 2 rings (SSSR count). The van der Waals surface area contributed by atoms with Gasteiger partial charge < -0.3 is 15.3 Å². The van der Waals surface area contributed by atoms with E-state index in [9.17, 15) is 9.90 Å². The molecule has 1 aromatic carbocycles. The number of piperidine rings is 1. The quantitative estimate of drug-likeness (QED) is 0.834. The summed E-state index contributed by atoms with van der Waals surface area (Å²) in [5.74, 6) is 0.229. The number of nitrogens with zero attached hydrogens (tertiary/aromatic N) is 1. The summed E-state index contributed by atoms with van der Waals surface area (Å²) in [6.07, 6.45) is 2.16. The molecule has 1 heterocycles. The van der Waals surface area contributed by atoms with E-state index in [0.29, 0.717) is 5.56 Å². The van der Waals surface area contributed by atoms with Crippen LogP contribution in [0, 0.1) is 6.92 Å². The summed E-state index contributed by atoms with van der Waals surface area (Å²) < 4.78 is 0. The van der Waals surface area contributed by atoms with Crippen molar-refractivity contribution in [1.82, 2.24) is 10.2 Å². The summed E-state index contributed by atoms with van der Waals surface area (Å²) >= 11 is 0. The number of rotatable bonds is 2. The lowest BCUT2D eigenvalue weighted by molar-refractivity contribution is 0.0707. The number of phenols is 1. The number of amides is 1. The Labute approximate surface area is 108 Å². The Bertz CT molecular complexity index is 439. The van der Waals surface area contributed by atoms with Gasteiger partial charge in [0.2, 0.25) is 0 Å². The zero-order valence-electron chi connectivity index (χ0n) is 10.9. The second kappa shape index (κ2) is 5.40. The summed E-state index contributed by atoms with van der Waals surface area (Å²) in [5, 5.41) is 12.7. The monoisotopic (exact) mass is 248 g/mol. The van der Waals surface area contributed by atoms with Gasteiger partial charge in [0.15, 0.2) is 0 Å². The van der Waals surface area contributed by atoms with Gasteiger partial charge in [-0.05, 0) is 50.1 Å². The van der Waals surface area contributed by atoms with Gasteiger partial charge in [-0.2, -0.15) is 0 Å². The van der Waals surface area contributed by atoms with Crippen LogP contribution < -0.4 is 5.32 Å². The Morgan fingerprint density at radius 1 is 1.50 bits per heavy atom. The van der Waals surface area contributed by atoms with Gasteiger partial charge in [0.05, 0.1) is 0 Å². The fraction of sp³-hybridized carbons (Fsp3) is 0.500. The number of hydrogen-bond donors (Lipinski definition) is 2. The maximum Gasteiger partial charge on any atom is 0.254 e. The fourth-order valence-corrected chi connectivity index (χ4v) is 2.41. The zero-order chi connectivity index (χ0) is 13.1.